The number of nitrogens with zero attached hydrogens (tertiary/aromatic N) is 2. The van der Waals surface area contributed by atoms with Gasteiger partial charge in [-0.3, -0.25) is 0 Å². The van der Waals surface area contributed by atoms with Crippen molar-refractivity contribution in [2.45, 2.75) is 31.1 Å². The molecule has 0 aromatic carbocycles. The first-order chi connectivity index (χ1) is 9.97. The number of hydrogen-bond donors (Lipinski definition) is 1. The molecule has 2 fully saturated rings. The standard InChI is InChI=1S/C13H19N3O4S/c1-9-8-20-5-4-16(9)12-7-10(14-13(17)15-12)11-3-2-6-21(11,18)19/h7,9,11H,2-6,8H2,1H3,(H,14,15,17)/t9-,11?/m1/s1. The van der Waals surface area contributed by atoms with Gasteiger partial charge in [0.15, 0.2) is 9.84 Å². The first-order valence-electron chi connectivity index (χ1n) is 7.14. The Labute approximate surface area is 123 Å². The van der Waals surface area contributed by atoms with E-state index in [2.05, 4.69) is 9.97 Å². The number of H-pyrrole nitrogens is 1. The summed E-state index contributed by atoms with van der Waals surface area (Å²) in [7, 11) is -3.16. The summed E-state index contributed by atoms with van der Waals surface area (Å²) in [5.41, 5.74) is -0.0375. The molecule has 0 amide bonds. The molecule has 0 bridgehead atoms. The molecule has 0 spiro atoms. The molecule has 0 saturated carbocycles. The monoisotopic (exact) mass is 313 g/mol. The molecule has 8 heteroatoms. The average Bonchev–Trinajstić information content (AvgIpc) is 2.78. The van der Waals surface area contributed by atoms with E-state index in [-0.39, 0.29) is 11.8 Å². The van der Waals surface area contributed by atoms with E-state index in [0.717, 1.165) is 0 Å². The third-order valence-electron chi connectivity index (χ3n) is 4.09. The number of ether oxygens (including phenoxy) is 1. The summed E-state index contributed by atoms with van der Waals surface area (Å²) < 4.78 is 29.5. The Morgan fingerprint density at radius 3 is 2.95 bits per heavy atom. The summed E-state index contributed by atoms with van der Waals surface area (Å²) in [4.78, 5) is 20.4. The van der Waals surface area contributed by atoms with E-state index in [9.17, 15) is 13.2 Å². The number of nitrogens with one attached hydrogen (secondary N) is 1. The van der Waals surface area contributed by atoms with E-state index < -0.39 is 20.8 Å². The van der Waals surface area contributed by atoms with Crippen LogP contribution in [0.15, 0.2) is 10.9 Å². The topological polar surface area (TPSA) is 92.4 Å². The summed E-state index contributed by atoms with van der Waals surface area (Å²) in [5.74, 6) is 0.720. The van der Waals surface area contributed by atoms with Gasteiger partial charge in [0.2, 0.25) is 0 Å². The molecule has 2 saturated heterocycles. The SMILES string of the molecule is C[C@@H]1COCCN1c1cc(C2CCCS2(=O)=O)[nH]c(=O)n1. The van der Waals surface area contributed by atoms with Gasteiger partial charge < -0.3 is 14.6 Å². The van der Waals surface area contributed by atoms with Crippen molar-refractivity contribution in [3.05, 3.63) is 22.2 Å². The molecular formula is C13H19N3O4S. The lowest BCUT2D eigenvalue weighted by atomic mass is 10.2. The molecule has 0 aliphatic carbocycles. The van der Waals surface area contributed by atoms with Gasteiger partial charge in [-0.15, -0.1) is 0 Å². The lowest BCUT2D eigenvalue weighted by molar-refractivity contribution is 0.0985. The van der Waals surface area contributed by atoms with Gasteiger partial charge in [0, 0.05) is 18.3 Å². The number of hydrogen-bond acceptors (Lipinski definition) is 6. The van der Waals surface area contributed by atoms with Crippen LogP contribution in [-0.4, -0.2) is 49.9 Å². The molecule has 0 radical (unpaired) electrons. The zero-order chi connectivity index (χ0) is 15.0. The van der Waals surface area contributed by atoms with E-state index in [1.54, 1.807) is 6.07 Å². The van der Waals surface area contributed by atoms with E-state index in [1.807, 2.05) is 11.8 Å². The molecule has 2 aliphatic heterocycles. The second-order valence-corrected chi connectivity index (χ2v) is 7.92. The van der Waals surface area contributed by atoms with Crippen LogP contribution in [0.25, 0.3) is 0 Å². The second kappa shape index (κ2) is 5.42. The van der Waals surface area contributed by atoms with E-state index in [1.165, 1.54) is 0 Å². The molecule has 2 atom stereocenters. The third kappa shape index (κ3) is 2.82. The maximum atomic E-state index is 12.0. The van der Waals surface area contributed by atoms with Crippen molar-refractivity contribution in [2.24, 2.45) is 0 Å². The highest BCUT2D eigenvalue weighted by Gasteiger charge is 2.34. The maximum Gasteiger partial charge on any atom is 0.347 e. The first-order valence-corrected chi connectivity index (χ1v) is 8.86. The number of rotatable bonds is 2. The number of anilines is 1. The Kier molecular flexibility index (Phi) is 3.75. The molecule has 1 aromatic heterocycles. The molecule has 1 unspecified atom stereocenters. The minimum atomic E-state index is -3.16. The predicted molar refractivity (Wildman–Crippen MR) is 78.2 cm³/mol. The van der Waals surface area contributed by atoms with Crippen LogP contribution in [-0.2, 0) is 14.6 Å². The summed E-state index contributed by atoms with van der Waals surface area (Å²) in [6, 6.07) is 1.82. The minimum absolute atomic E-state index is 0.112. The van der Waals surface area contributed by atoms with Gasteiger partial charge in [-0.1, -0.05) is 0 Å². The second-order valence-electron chi connectivity index (χ2n) is 5.62. The van der Waals surface area contributed by atoms with Gasteiger partial charge in [0.1, 0.15) is 11.1 Å². The first kappa shape index (κ1) is 14.5. The highest BCUT2D eigenvalue weighted by molar-refractivity contribution is 7.91. The number of sulfone groups is 1. The summed E-state index contributed by atoms with van der Waals surface area (Å²) >= 11 is 0. The van der Waals surface area contributed by atoms with Crippen LogP contribution in [0.5, 0.6) is 0 Å². The molecule has 3 heterocycles. The molecular weight excluding hydrogens is 294 g/mol. The smallest absolute Gasteiger partial charge is 0.347 e. The molecule has 7 nitrogen and oxygen atoms in total. The van der Waals surface area contributed by atoms with Crippen molar-refractivity contribution < 1.29 is 13.2 Å². The van der Waals surface area contributed by atoms with Crippen molar-refractivity contribution in [2.75, 3.05) is 30.4 Å². The van der Waals surface area contributed by atoms with Crippen molar-refractivity contribution in [1.82, 2.24) is 9.97 Å². The van der Waals surface area contributed by atoms with E-state index in [0.29, 0.717) is 44.1 Å². The lowest BCUT2D eigenvalue weighted by Crippen LogP contribution is -2.44. The Hall–Kier alpha value is -1.41. The minimum Gasteiger partial charge on any atom is -0.377 e. The highest BCUT2D eigenvalue weighted by Crippen LogP contribution is 2.34. The van der Waals surface area contributed by atoms with E-state index in [4.69, 9.17) is 4.74 Å². The van der Waals surface area contributed by atoms with Crippen LogP contribution in [0.1, 0.15) is 30.7 Å². The van der Waals surface area contributed by atoms with Gasteiger partial charge in [-0.25, -0.2) is 13.2 Å². The van der Waals surface area contributed by atoms with Crippen LogP contribution in [0.3, 0.4) is 0 Å². The summed E-state index contributed by atoms with van der Waals surface area (Å²) in [6.07, 6.45) is 1.20. The molecule has 2 aliphatic rings. The number of aromatic amines is 1. The normalized spacial score (nSPS) is 28.7. The van der Waals surface area contributed by atoms with Crippen molar-refractivity contribution in [3.8, 4) is 0 Å². The Bertz CT molecular complexity index is 685. The summed E-state index contributed by atoms with van der Waals surface area (Å²) in [6.45, 7) is 3.80. The number of morpholine rings is 1. The van der Waals surface area contributed by atoms with Crippen LogP contribution in [0, 0.1) is 0 Å². The van der Waals surface area contributed by atoms with Crippen LogP contribution < -0.4 is 10.6 Å². The maximum absolute atomic E-state index is 12.0. The van der Waals surface area contributed by atoms with Gasteiger partial charge in [0.25, 0.3) is 0 Å². The van der Waals surface area contributed by atoms with E-state index >= 15 is 0 Å². The Balaban J connectivity index is 1.98. The van der Waals surface area contributed by atoms with Gasteiger partial charge in [-0.05, 0) is 19.8 Å². The molecule has 1 N–H and O–H groups in total. The van der Waals surface area contributed by atoms with Gasteiger partial charge in [-0.2, -0.15) is 4.98 Å². The van der Waals surface area contributed by atoms with Crippen molar-refractivity contribution in [1.29, 1.82) is 0 Å². The van der Waals surface area contributed by atoms with Crippen molar-refractivity contribution >= 4 is 15.7 Å². The van der Waals surface area contributed by atoms with Crippen LogP contribution in [0.2, 0.25) is 0 Å². The largest absolute Gasteiger partial charge is 0.377 e. The fourth-order valence-electron chi connectivity index (χ4n) is 2.99. The van der Waals surface area contributed by atoms with Crippen molar-refractivity contribution in [3.63, 3.8) is 0 Å². The number of aromatic nitrogens is 2. The fraction of sp³-hybridized carbons (Fsp3) is 0.692. The van der Waals surface area contributed by atoms with Gasteiger partial charge in [0.05, 0.1) is 25.0 Å². The highest BCUT2D eigenvalue weighted by atomic mass is 32.2. The zero-order valence-electron chi connectivity index (χ0n) is 11.9. The third-order valence-corrected chi connectivity index (χ3v) is 6.30. The van der Waals surface area contributed by atoms with Crippen LogP contribution >= 0.6 is 0 Å². The van der Waals surface area contributed by atoms with Crippen LogP contribution in [0.4, 0.5) is 5.82 Å². The summed E-state index contributed by atoms with van der Waals surface area (Å²) in [5, 5.41) is -0.608. The van der Waals surface area contributed by atoms with Gasteiger partial charge >= 0.3 is 5.69 Å². The predicted octanol–water partition coefficient (Wildman–Crippen LogP) is 0.245. The molecule has 21 heavy (non-hydrogen) atoms. The molecule has 116 valence electrons. The fourth-order valence-corrected chi connectivity index (χ4v) is 4.88. The average molecular weight is 313 g/mol. The quantitative estimate of drug-likeness (QED) is 0.841. The molecule has 1 aromatic rings. The molecule has 3 rings (SSSR count). The zero-order valence-corrected chi connectivity index (χ0v) is 12.7. The Morgan fingerprint density at radius 2 is 2.29 bits per heavy atom. The lowest BCUT2D eigenvalue weighted by Gasteiger charge is -2.34. The Morgan fingerprint density at radius 1 is 1.48 bits per heavy atom.